The number of likely N-dealkylation sites (N-methyl/N-ethyl adjacent to an activating group) is 1. The monoisotopic (exact) mass is 303 g/mol. The van der Waals surface area contributed by atoms with Crippen LogP contribution in [0.5, 0.6) is 5.75 Å². The van der Waals surface area contributed by atoms with E-state index in [-0.39, 0.29) is 11.5 Å². The molecule has 1 amide bonds. The number of carbonyl (C=O) groups excluding carboxylic acids is 1. The minimum atomic E-state index is -0.589. The summed E-state index contributed by atoms with van der Waals surface area (Å²) in [6.45, 7) is 3.08. The second-order valence-electron chi connectivity index (χ2n) is 5.60. The molecular weight excluding hydrogens is 284 g/mol. The van der Waals surface area contributed by atoms with Crippen molar-refractivity contribution < 1.29 is 18.8 Å². The predicted molar refractivity (Wildman–Crippen MR) is 81.6 cm³/mol. The molecule has 0 atom stereocenters. The predicted octanol–water partition coefficient (Wildman–Crippen LogP) is -0.228. The molecule has 6 heteroatoms. The molecule has 6 nitrogen and oxygen atoms in total. The SMILES string of the molecule is COc1ccc2oc(=O)c(C(=O)N3CC[NH+](C)CC3)cc2c1. The lowest BCUT2D eigenvalue weighted by molar-refractivity contribution is -0.883. The largest absolute Gasteiger partial charge is 0.497 e. The molecule has 1 aliphatic rings. The van der Waals surface area contributed by atoms with Crippen molar-refractivity contribution in [1.82, 2.24) is 4.90 Å². The molecule has 22 heavy (non-hydrogen) atoms. The number of nitrogens with zero attached hydrogens (tertiary/aromatic N) is 1. The molecule has 0 unspecified atom stereocenters. The van der Waals surface area contributed by atoms with E-state index in [0.29, 0.717) is 29.8 Å². The summed E-state index contributed by atoms with van der Waals surface area (Å²) in [6, 6.07) is 6.74. The lowest BCUT2D eigenvalue weighted by Gasteiger charge is -2.29. The number of ether oxygens (including phenoxy) is 1. The van der Waals surface area contributed by atoms with Crippen LogP contribution >= 0.6 is 0 Å². The lowest BCUT2D eigenvalue weighted by Crippen LogP contribution is -3.12. The van der Waals surface area contributed by atoms with Gasteiger partial charge in [0.25, 0.3) is 5.91 Å². The summed E-state index contributed by atoms with van der Waals surface area (Å²) in [5.74, 6) is 0.397. The van der Waals surface area contributed by atoms with Crippen LogP contribution in [0, 0.1) is 0 Å². The second-order valence-corrected chi connectivity index (χ2v) is 5.60. The molecule has 1 fully saturated rings. The Labute approximate surface area is 127 Å². The number of quaternary nitrogens is 1. The van der Waals surface area contributed by atoms with Crippen molar-refractivity contribution in [3.63, 3.8) is 0 Å². The van der Waals surface area contributed by atoms with Gasteiger partial charge in [0.15, 0.2) is 0 Å². The summed E-state index contributed by atoms with van der Waals surface area (Å²) < 4.78 is 10.4. The Hall–Kier alpha value is -2.34. The van der Waals surface area contributed by atoms with E-state index in [1.807, 2.05) is 0 Å². The molecule has 3 rings (SSSR count). The maximum absolute atomic E-state index is 12.6. The fourth-order valence-corrected chi connectivity index (χ4v) is 2.64. The quantitative estimate of drug-likeness (QED) is 0.779. The van der Waals surface area contributed by atoms with E-state index in [4.69, 9.17) is 9.15 Å². The van der Waals surface area contributed by atoms with E-state index in [1.54, 1.807) is 36.3 Å². The first kappa shape index (κ1) is 14.6. The van der Waals surface area contributed by atoms with E-state index in [2.05, 4.69) is 7.05 Å². The summed E-state index contributed by atoms with van der Waals surface area (Å²) in [7, 11) is 3.66. The fourth-order valence-electron chi connectivity index (χ4n) is 2.64. The molecule has 116 valence electrons. The summed E-state index contributed by atoms with van der Waals surface area (Å²) in [5.41, 5.74) is -0.0561. The number of rotatable bonds is 2. The van der Waals surface area contributed by atoms with Crippen LogP contribution in [0.4, 0.5) is 0 Å². The molecule has 2 heterocycles. The summed E-state index contributed by atoms with van der Waals surface area (Å²) >= 11 is 0. The molecular formula is C16H19N2O4+. The first-order chi connectivity index (χ1) is 10.6. The van der Waals surface area contributed by atoms with Crippen LogP contribution in [-0.4, -0.2) is 51.1 Å². The Morgan fingerprint density at radius 1 is 1.27 bits per heavy atom. The summed E-state index contributed by atoms with van der Waals surface area (Å²) in [6.07, 6.45) is 0. The lowest BCUT2D eigenvalue weighted by atomic mass is 10.1. The van der Waals surface area contributed by atoms with Crippen LogP contribution < -0.4 is 15.3 Å². The number of piperazine rings is 1. The molecule has 1 aliphatic heterocycles. The molecule has 1 N–H and O–H groups in total. The average Bonchev–Trinajstić information content (AvgIpc) is 2.54. The number of nitrogens with one attached hydrogen (secondary N) is 1. The molecule has 2 aromatic rings. The maximum Gasteiger partial charge on any atom is 0.349 e. The van der Waals surface area contributed by atoms with Crippen LogP contribution in [0.3, 0.4) is 0 Å². The highest BCUT2D eigenvalue weighted by Crippen LogP contribution is 2.20. The van der Waals surface area contributed by atoms with Gasteiger partial charge in [-0.3, -0.25) is 4.79 Å². The third kappa shape index (κ3) is 2.69. The zero-order valence-corrected chi connectivity index (χ0v) is 12.7. The molecule has 0 aliphatic carbocycles. The number of benzene rings is 1. The molecule has 0 saturated carbocycles. The zero-order chi connectivity index (χ0) is 15.7. The van der Waals surface area contributed by atoms with Crippen molar-refractivity contribution in [3.05, 3.63) is 40.2 Å². The van der Waals surface area contributed by atoms with Gasteiger partial charge in [0, 0.05) is 5.39 Å². The zero-order valence-electron chi connectivity index (χ0n) is 12.7. The van der Waals surface area contributed by atoms with Crippen LogP contribution in [0.15, 0.2) is 33.5 Å². The molecule has 0 radical (unpaired) electrons. The molecule has 0 bridgehead atoms. The van der Waals surface area contributed by atoms with Crippen LogP contribution in [0.25, 0.3) is 11.0 Å². The van der Waals surface area contributed by atoms with Gasteiger partial charge in [0.1, 0.15) is 16.9 Å². The number of hydrogen-bond donors (Lipinski definition) is 1. The van der Waals surface area contributed by atoms with Crippen molar-refractivity contribution in [1.29, 1.82) is 0 Å². The topological polar surface area (TPSA) is 64.2 Å². The minimum Gasteiger partial charge on any atom is -0.497 e. The van der Waals surface area contributed by atoms with Gasteiger partial charge in [-0.05, 0) is 24.3 Å². The Morgan fingerprint density at radius 3 is 2.68 bits per heavy atom. The van der Waals surface area contributed by atoms with Gasteiger partial charge in [-0.15, -0.1) is 0 Å². The van der Waals surface area contributed by atoms with Crippen molar-refractivity contribution in [3.8, 4) is 5.75 Å². The fraction of sp³-hybridized carbons (Fsp3) is 0.375. The van der Waals surface area contributed by atoms with Crippen molar-refractivity contribution in [2.45, 2.75) is 0 Å². The van der Waals surface area contributed by atoms with Gasteiger partial charge < -0.3 is 19.0 Å². The van der Waals surface area contributed by atoms with E-state index < -0.39 is 5.63 Å². The molecule has 0 spiro atoms. The minimum absolute atomic E-state index is 0.0836. The summed E-state index contributed by atoms with van der Waals surface area (Å²) in [4.78, 5) is 27.7. The Kier molecular flexibility index (Phi) is 3.85. The second kappa shape index (κ2) is 5.81. The van der Waals surface area contributed by atoms with Crippen molar-refractivity contribution in [2.75, 3.05) is 40.3 Å². The van der Waals surface area contributed by atoms with E-state index in [9.17, 15) is 9.59 Å². The highest BCUT2D eigenvalue weighted by molar-refractivity contribution is 5.96. The maximum atomic E-state index is 12.6. The van der Waals surface area contributed by atoms with E-state index >= 15 is 0 Å². The highest BCUT2D eigenvalue weighted by Gasteiger charge is 2.25. The number of fused-ring (bicyclic) bond motifs is 1. The Balaban J connectivity index is 1.97. The van der Waals surface area contributed by atoms with Crippen molar-refractivity contribution in [2.24, 2.45) is 0 Å². The molecule has 1 saturated heterocycles. The Morgan fingerprint density at radius 2 is 2.00 bits per heavy atom. The number of hydrogen-bond acceptors (Lipinski definition) is 4. The Bertz CT molecular complexity index is 760. The first-order valence-corrected chi connectivity index (χ1v) is 7.31. The number of carbonyl (C=O) groups is 1. The van der Waals surface area contributed by atoms with E-state index in [0.717, 1.165) is 13.1 Å². The third-order valence-corrected chi connectivity index (χ3v) is 4.07. The van der Waals surface area contributed by atoms with Gasteiger partial charge in [-0.2, -0.15) is 0 Å². The van der Waals surface area contributed by atoms with Crippen molar-refractivity contribution >= 4 is 16.9 Å². The van der Waals surface area contributed by atoms with Crippen LogP contribution in [0.2, 0.25) is 0 Å². The standard InChI is InChI=1S/C16H18N2O4/c1-17-5-7-18(8-6-17)15(19)13-10-11-9-12(21-2)3-4-14(11)22-16(13)20/h3-4,9-10H,5-8H2,1-2H3/p+1. The van der Waals surface area contributed by atoms with Gasteiger partial charge >= 0.3 is 5.63 Å². The smallest absolute Gasteiger partial charge is 0.349 e. The van der Waals surface area contributed by atoms with Gasteiger partial charge in [0.2, 0.25) is 0 Å². The molecule has 1 aromatic carbocycles. The van der Waals surface area contributed by atoms with Crippen LogP contribution in [-0.2, 0) is 0 Å². The highest BCUT2D eigenvalue weighted by atomic mass is 16.5. The summed E-state index contributed by atoms with van der Waals surface area (Å²) in [5, 5.41) is 0.682. The first-order valence-electron chi connectivity index (χ1n) is 7.31. The van der Waals surface area contributed by atoms with Crippen LogP contribution in [0.1, 0.15) is 10.4 Å². The van der Waals surface area contributed by atoms with Gasteiger partial charge in [0.05, 0.1) is 40.3 Å². The average molecular weight is 303 g/mol. The van der Waals surface area contributed by atoms with Gasteiger partial charge in [-0.25, -0.2) is 4.79 Å². The van der Waals surface area contributed by atoms with E-state index in [1.165, 1.54) is 4.90 Å². The number of amides is 1. The van der Waals surface area contributed by atoms with Gasteiger partial charge in [-0.1, -0.05) is 0 Å². The molecule has 1 aromatic heterocycles. The number of methoxy groups -OCH3 is 1. The third-order valence-electron chi connectivity index (χ3n) is 4.07. The normalized spacial score (nSPS) is 16.0.